The predicted molar refractivity (Wildman–Crippen MR) is 88.5 cm³/mol. The Balaban J connectivity index is 1.96. The lowest BCUT2D eigenvalue weighted by Gasteiger charge is -2.24. The zero-order chi connectivity index (χ0) is 14.4. The molecule has 20 heavy (non-hydrogen) atoms. The molecule has 0 amide bonds. The lowest BCUT2D eigenvalue weighted by atomic mass is 9.85. The van der Waals surface area contributed by atoms with Crippen LogP contribution < -0.4 is 5.32 Å². The van der Waals surface area contributed by atoms with Crippen molar-refractivity contribution in [3.05, 3.63) is 15.6 Å². The van der Waals surface area contributed by atoms with Crippen molar-refractivity contribution >= 4 is 11.3 Å². The highest BCUT2D eigenvalue weighted by molar-refractivity contribution is 7.11. The third kappa shape index (κ3) is 4.56. The largest absolute Gasteiger partial charge is 0.316 e. The predicted octanol–water partition coefficient (Wildman–Crippen LogP) is 4.50. The molecule has 2 atom stereocenters. The summed E-state index contributed by atoms with van der Waals surface area (Å²) >= 11 is 1.91. The van der Waals surface area contributed by atoms with Crippen molar-refractivity contribution in [2.24, 2.45) is 11.8 Å². The molecule has 1 saturated carbocycles. The molecule has 0 radical (unpaired) electrons. The summed E-state index contributed by atoms with van der Waals surface area (Å²) in [5.41, 5.74) is 1.24. The van der Waals surface area contributed by atoms with Gasteiger partial charge in [0, 0.05) is 11.3 Å². The molecule has 0 aromatic carbocycles. The van der Waals surface area contributed by atoms with Gasteiger partial charge in [0.2, 0.25) is 0 Å². The van der Waals surface area contributed by atoms with Gasteiger partial charge < -0.3 is 5.32 Å². The second-order valence-electron chi connectivity index (χ2n) is 6.32. The zero-order valence-electron chi connectivity index (χ0n) is 13.4. The summed E-state index contributed by atoms with van der Waals surface area (Å²) in [5.74, 6) is 1.69. The average Bonchev–Trinajstić information content (AvgIpc) is 2.63. The average molecular weight is 295 g/mol. The monoisotopic (exact) mass is 294 g/mol. The van der Waals surface area contributed by atoms with Crippen molar-refractivity contribution in [3.8, 4) is 0 Å². The summed E-state index contributed by atoms with van der Waals surface area (Å²) in [4.78, 5) is 6.16. The summed E-state index contributed by atoms with van der Waals surface area (Å²) < 4.78 is 0. The van der Waals surface area contributed by atoms with Gasteiger partial charge in [0.25, 0.3) is 0 Å². The van der Waals surface area contributed by atoms with Crippen molar-refractivity contribution in [3.63, 3.8) is 0 Å². The van der Waals surface area contributed by atoms with Crippen LogP contribution in [0.4, 0.5) is 0 Å². The molecule has 1 fully saturated rings. The molecule has 1 heterocycles. The van der Waals surface area contributed by atoms with Crippen LogP contribution in [0.2, 0.25) is 0 Å². The highest BCUT2D eigenvalue weighted by atomic mass is 32.1. The van der Waals surface area contributed by atoms with Crippen molar-refractivity contribution in [2.45, 2.75) is 65.7 Å². The van der Waals surface area contributed by atoms with Gasteiger partial charge in [-0.05, 0) is 58.0 Å². The maximum atomic E-state index is 4.76. The van der Waals surface area contributed by atoms with Crippen LogP contribution in [-0.4, -0.2) is 18.1 Å². The Labute approximate surface area is 128 Å². The maximum Gasteiger partial charge on any atom is 0.0933 e. The summed E-state index contributed by atoms with van der Waals surface area (Å²) in [5, 5.41) is 5.02. The summed E-state index contributed by atoms with van der Waals surface area (Å²) in [6, 6.07) is 0. The fourth-order valence-electron chi connectivity index (χ4n) is 3.31. The zero-order valence-corrected chi connectivity index (χ0v) is 14.2. The van der Waals surface area contributed by atoms with E-state index in [1.807, 2.05) is 11.3 Å². The van der Waals surface area contributed by atoms with Gasteiger partial charge in [-0.2, -0.15) is 0 Å². The second-order valence-corrected chi connectivity index (χ2v) is 7.60. The quantitative estimate of drug-likeness (QED) is 0.617. The topological polar surface area (TPSA) is 24.9 Å². The van der Waals surface area contributed by atoms with E-state index in [4.69, 9.17) is 4.98 Å². The number of hydrogen-bond acceptors (Lipinski definition) is 3. The first kappa shape index (κ1) is 16.0. The summed E-state index contributed by atoms with van der Waals surface area (Å²) in [7, 11) is 0. The van der Waals surface area contributed by atoms with Gasteiger partial charge in [-0.15, -0.1) is 11.3 Å². The molecule has 0 aliphatic heterocycles. The SMILES string of the molecule is CCCNCC1CCCCCC1Cc1nc(C)c(C)s1. The van der Waals surface area contributed by atoms with E-state index in [1.54, 1.807) is 0 Å². The number of rotatable bonds is 6. The van der Waals surface area contributed by atoms with E-state index < -0.39 is 0 Å². The molecule has 1 aromatic rings. The van der Waals surface area contributed by atoms with E-state index in [0.717, 1.165) is 11.8 Å². The van der Waals surface area contributed by atoms with Crippen molar-refractivity contribution < 1.29 is 0 Å². The van der Waals surface area contributed by atoms with Crippen LogP contribution in [0.5, 0.6) is 0 Å². The Hall–Kier alpha value is -0.410. The molecule has 1 aliphatic rings. The van der Waals surface area contributed by atoms with E-state index in [0.29, 0.717) is 0 Å². The van der Waals surface area contributed by atoms with Gasteiger partial charge in [-0.1, -0.05) is 26.2 Å². The van der Waals surface area contributed by atoms with E-state index in [2.05, 4.69) is 26.1 Å². The van der Waals surface area contributed by atoms with E-state index in [-0.39, 0.29) is 0 Å². The Kier molecular flexibility index (Phi) is 6.50. The summed E-state index contributed by atoms with van der Waals surface area (Å²) in [6.45, 7) is 8.96. The van der Waals surface area contributed by atoms with E-state index >= 15 is 0 Å². The van der Waals surface area contributed by atoms with Gasteiger partial charge in [0.15, 0.2) is 0 Å². The molecule has 3 heteroatoms. The number of nitrogens with one attached hydrogen (secondary N) is 1. The molecule has 1 aliphatic carbocycles. The maximum absolute atomic E-state index is 4.76. The Morgan fingerprint density at radius 1 is 1.15 bits per heavy atom. The third-order valence-electron chi connectivity index (χ3n) is 4.66. The molecule has 0 saturated heterocycles. The molecule has 2 unspecified atom stereocenters. The standard InChI is InChI=1S/C17H30N2S/c1-4-10-18-12-16-9-7-5-6-8-15(16)11-17-19-13(2)14(3)20-17/h15-16,18H,4-12H2,1-3H3. The first-order valence-corrected chi connectivity index (χ1v) is 9.16. The van der Waals surface area contributed by atoms with Crippen LogP contribution in [0, 0.1) is 25.7 Å². The minimum atomic E-state index is 0.840. The third-order valence-corrected chi connectivity index (χ3v) is 5.75. The second kappa shape index (κ2) is 8.14. The van der Waals surface area contributed by atoms with Crippen molar-refractivity contribution in [2.75, 3.05) is 13.1 Å². The highest BCUT2D eigenvalue weighted by Gasteiger charge is 2.24. The van der Waals surface area contributed by atoms with Gasteiger partial charge in [0.05, 0.1) is 10.7 Å². The molecular weight excluding hydrogens is 264 g/mol. The number of hydrogen-bond donors (Lipinski definition) is 1. The molecular formula is C17H30N2S. The smallest absolute Gasteiger partial charge is 0.0933 e. The van der Waals surface area contributed by atoms with Crippen LogP contribution in [0.25, 0.3) is 0 Å². The minimum absolute atomic E-state index is 0.840. The fraction of sp³-hybridized carbons (Fsp3) is 0.824. The van der Waals surface area contributed by atoms with E-state index in [1.165, 1.54) is 73.6 Å². The van der Waals surface area contributed by atoms with Gasteiger partial charge in [-0.25, -0.2) is 4.98 Å². The number of aryl methyl sites for hydroxylation is 2. The summed E-state index contributed by atoms with van der Waals surface area (Å²) in [6.07, 6.45) is 9.51. The van der Waals surface area contributed by atoms with Crippen LogP contribution in [0.3, 0.4) is 0 Å². The molecule has 2 nitrogen and oxygen atoms in total. The number of nitrogens with zero attached hydrogens (tertiary/aromatic N) is 1. The minimum Gasteiger partial charge on any atom is -0.316 e. The molecule has 0 spiro atoms. The lowest BCUT2D eigenvalue weighted by Crippen LogP contribution is -2.29. The Morgan fingerprint density at radius 3 is 2.55 bits per heavy atom. The Bertz CT molecular complexity index is 380. The van der Waals surface area contributed by atoms with Crippen LogP contribution in [-0.2, 0) is 6.42 Å². The fourth-order valence-corrected chi connectivity index (χ4v) is 4.34. The molecule has 0 bridgehead atoms. The van der Waals surface area contributed by atoms with Gasteiger partial charge in [0.1, 0.15) is 0 Å². The molecule has 1 aromatic heterocycles. The van der Waals surface area contributed by atoms with Crippen LogP contribution in [0.15, 0.2) is 0 Å². The Morgan fingerprint density at radius 2 is 1.90 bits per heavy atom. The number of aromatic nitrogens is 1. The van der Waals surface area contributed by atoms with Crippen LogP contribution in [0.1, 0.15) is 61.0 Å². The molecule has 114 valence electrons. The molecule has 2 rings (SSSR count). The first-order valence-electron chi connectivity index (χ1n) is 8.34. The first-order chi connectivity index (χ1) is 9.70. The van der Waals surface area contributed by atoms with Crippen molar-refractivity contribution in [1.82, 2.24) is 10.3 Å². The molecule has 1 N–H and O–H groups in total. The normalized spacial score (nSPS) is 23.8. The highest BCUT2D eigenvalue weighted by Crippen LogP contribution is 2.32. The van der Waals surface area contributed by atoms with Gasteiger partial charge >= 0.3 is 0 Å². The van der Waals surface area contributed by atoms with Crippen LogP contribution >= 0.6 is 11.3 Å². The van der Waals surface area contributed by atoms with Gasteiger partial charge in [-0.3, -0.25) is 0 Å². The number of thiazole rings is 1. The lowest BCUT2D eigenvalue weighted by molar-refractivity contribution is 0.298. The van der Waals surface area contributed by atoms with E-state index in [9.17, 15) is 0 Å². The van der Waals surface area contributed by atoms with Crippen molar-refractivity contribution in [1.29, 1.82) is 0 Å².